The van der Waals surface area contributed by atoms with Crippen LogP contribution in [-0.4, -0.2) is 96.5 Å². The third-order valence-electron chi connectivity index (χ3n) is 8.29. The third kappa shape index (κ3) is 4.48. The molecule has 3 aliphatic heterocycles. The van der Waals surface area contributed by atoms with Crippen LogP contribution in [0.2, 0.25) is 0 Å². The summed E-state index contributed by atoms with van der Waals surface area (Å²) in [7, 11) is 1.81. The first-order valence-corrected chi connectivity index (χ1v) is 14.4. The number of ether oxygens (including phenoxy) is 2. The van der Waals surface area contributed by atoms with Crippen molar-refractivity contribution in [1.82, 2.24) is 24.8 Å². The van der Waals surface area contributed by atoms with Crippen LogP contribution in [0.3, 0.4) is 0 Å². The summed E-state index contributed by atoms with van der Waals surface area (Å²) >= 11 is 1.77. The van der Waals surface area contributed by atoms with Gasteiger partial charge in [0.25, 0.3) is 0 Å². The van der Waals surface area contributed by atoms with Crippen molar-refractivity contribution in [1.29, 1.82) is 0 Å². The van der Waals surface area contributed by atoms with E-state index < -0.39 is 0 Å². The lowest BCUT2D eigenvalue weighted by Crippen LogP contribution is -2.58. The van der Waals surface area contributed by atoms with Gasteiger partial charge in [-0.2, -0.15) is 0 Å². The first kappa shape index (κ1) is 24.4. The molecule has 4 aromatic rings. The molecule has 1 N–H and O–H groups in total. The highest BCUT2D eigenvalue weighted by molar-refractivity contribution is 7.19. The minimum absolute atomic E-state index is 0.304. The number of piperidine rings is 1. The van der Waals surface area contributed by atoms with Crippen LogP contribution >= 0.6 is 11.3 Å². The van der Waals surface area contributed by atoms with E-state index in [4.69, 9.17) is 19.4 Å². The number of morpholine rings is 1. The van der Waals surface area contributed by atoms with Crippen molar-refractivity contribution in [2.75, 3.05) is 64.5 Å². The number of anilines is 1. The van der Waals surface area contributed by atoms with Crippen molar-refractivity contribution in [2.24, 2.45) is 0 Å². The molecule has 6 heterocycles. The summed E-state index contributed by atoms with van der Waals surface area (Å²) in [6, 6.07) is 8.02. The second kappa shape index (κ2) is 10.2. The molecule has 0 aliphatic carbocycles. The number of fused-ring (bicyclic) bond motifs is 2. The maximum Gasteiger partial charge on any atom is 0.165 e. The number of methoxy groups -OCH3 is 1. The molecule has 3 fully saturated rings. The van der Waals surface area contributed by atoms with Gasteiger partial charge < -0.3 is 19.4 Å². The monoisotopic (exact) mass is 536 g/mol. The van der Waals surface area contributed by atoms with E-state index in [1.54, 1.807) is 17.4 Å². The first-order chi connectivity index (χ1) is 18.7. The predicted octanol–water partition coefficient (Wildman–Crippen LogP) is 4.11. The molecule has 10 heteroatoms. The molecule has 0 atom stereocenters. The van der Waals surface area contributed by atoms with Gasteiger partial charge in [-0.15, -0.1) is 11.3 Å². The highest BCUT2D eigenvalue weighted by Crippen LogP contribution is 2.37. The Morgan fingerprint density at radius 1 is 1.11 bits per heavy atom. The quantitative estimate of drug-likeness (QED) is 0.398. The normalized spacial score (nSPS) is 20.5. The highest BCUT2D eigenvalue weighted by Gasteiger charge is 2.34. The van der Waals surface area contributed by atoms with Crippen LogP contribution < -0.4 is 4.90 Å². The number of nitrogens with one attached hydrogen (secondary N) is 1. The van der Waals surface area contributed by atoms with Crippen molar-refractivity contribution in [3.63, 3.8) is 0 Å². The first-order valence-electron chi connectivity index (χ1n) is 13.5. The summed E-state index contributed by atoms with van der Waals surface area (Å²) in [6.07, 6.45) is 4.64. The molecule has 200 valence electrons. The molecule has 0 spiro atoms. The Morgan fingerprint density at radius 2 is 1.92 bits per heavy atom. The highest BCUT2D eigenvalue weighted by atomic mass is 32.1. The van der Waals surface area contributed by atoms with E-state index in [0.717, 1.165) is 72.8 Å². The molecule has 0 amide bonds. The molecule has 38 heavy (non-hydrogen) atoms. The van der Waals surface area contributed by atoms with Gasteiger partial charge in [0, 0.05) is 80.9 Å². The van der Waals surface area contributed by atoms with Gasteiger partial charge in [0.1, 0.15) is 5.82 Å². The molecule has 0 unspecified atom stereocenters. The topological polar surface area (TPSA) is 69.8 Å². The summed E-state index contributed by atoms with van der Waals surface area (Å²) in [5, 5.41) is 0.801. The Bertz CT molecular complexity index is 1440. The molecule has 3 saturated heterocycles. The van der Waals surface area contributed by atoms with Crippen LogP contribution in [0.4, 0.5) is 10.2 Å². The lowest BCUT2D eigenvalue weighted by atomic mass is 9.98. The Morgan fingerprint density at radius 3 is 2.71 bits per heavy atom. The second-order valence-corrected chi connectivity index (χ2v) is 11.7. The van der Waals surface area contributed by atoms with Gasteiger partial charge in [0.05, 0.1) is 35.1 Å². The minimum atomic E-state index is -0.304. The van der Waals surface area contributed by atoms with Gasteiger partial charge in [-0.3, -0.25) is 9.80 Å². The predicted molar refractivity (Wildman–Crippen MR) is 148 cm³/mol. The van der Waals surface area contributed by atoms with Crippen LogP contribution in [0.5, 0.6) is 0 Å². The fraction of sp³-hybridized carbons (Fsp3) is 0.500. The van der Waals surface area contributed by atoms with Crippen LogP contribution in [0.25, 0.3) is 32.5 Å². The van der Waals surface area contributed by atoms with Crippen molar-refractivity contribution in [2.45, 2.75) is 31.5 Å². The van der Waals surface area contributed by atoms with E-state index in [1.165, 1.54) is 23.8 Å². The number of likely N-dealkylation sites (tertiary alicyclic amines) is 2. The van der Waals surface area contributed by atoms with Gasteiger partial charge in [-0.25, -0.2) is 14.4 Å². The van der Waals surface area contributed by atoms with Crippen LogP contribution in [0.1, 0.15) is 17.7 Å². The van der Waals surface area contributed by atoms with Crippen LogP contribution in [0, 0.1) is 5.82 Å². The van der Waals surface area contributed by atoms with E-state index in [9.17, 15) is 0 Å². The van der Waals surface area contributed by atoms with Gasteiger partial charge in [0.15, 0.2) is 11.6 Å². The number of hydrogen-bond donors (Lipinski definition) is 1. The van der Waals surface area contributed by atoms with E-state index in [2.05, 4.69) is 25.8 Å². The number of rotatable bonds is 6. The zero-order valence-electron chi connectivity index (χ0n) is 21.7. The van der Waals surface area contributed by atoms with Gasteiger partial charge in [-0.1, -0.05) is 0 Å². The molecule has 7 rings (SSSR count). The van der Waals surface area contributed by atoms with Gasteiger partial charge in [0.2, 0.25) is 0 Å². The number of halogens is 1. The van der Waals surface area contributed by atoms with Crippen molar-refractivity contribution >= 4 is 38.3 Å². The molecule has 3 aromatic heterocycles. The second-order valence-electron chi connectivity index (χ2n) is 10.6. The SMILES string of the molecule is COC1CN(C2CCN(Cc3cc4nc(-c5c(F)ccc6[nH]ccc56)nc(N5CCOCC5)c4s3)CC2)C1. The average molecular weight is 537 g/mol. The smallest absolute Gasteiger partial charge is 0.165 e. The molecule has 1 aromatic carbocycles. The fourth-order valence-electron chi connectivity index (χ4n) is 6.06. The van der Waals surface area contributed by atoms with Crippen molar-refractivity contribution < 1.29 is 13.9 Å². The summed E-state index contributed by atoms with van der Waals surface area (Å²) in [5.74, 6) is 1.03. The number of aromatic amines is 1. The van der Waals surface area contributed by atoms with Crippen LogP contribution in [-0.2, 0) is 16.0 Å². The molecular weight excluding hydrogens is 503 g/mol. The van der Waals surface area contributed by atoms with Crippen molar-refractivity contribution in [3.8, 4) is 11.4 Å². The maximum absolute atomic E-state index is 15.2. The number of aromatic nitrogens is 3. The standard InChI is InChI=1S/C28H33FN6O2S/c1-36-19-15-35(16-19)18-5-8-33(9-6-18)17-20-14-24-26(38-20)28(34-10-12-37-13-11-34)32-27(31-24)25-21-4-7-30-23(21)3-2-22(25)29/h2-4,7,14,18-19,30H,5-6,8-13,15-17H2,1H3. The zero-order chi connectivity index (χ0) is 25.6. The number of H-pyrrole nitrogens is 1. The number of nitrogens with zero attached hydrogens (tertiary/aromatic N) is 5. The molecule has 0 bridgehead atoms. The molecule has 8 nitrogen and oxygen atoms in total. The summed E-state index contributed by atoms with van der Waals surface area (Å²) in [5.41, 5.74) is 2.23. The fourth-order valence-corrected chi connectivity index (χ4v) is 7.21. The van der Waals surface area contributed by atoms with Crippen molar-refractivity contribution in [3.05, 3.63) is 41.2 Å². The lowest BCUT2D eigenvalue weighted by molar-refractivity contribution is -0.0620. The van der Waals surface area contributed by atoms with E-state index in [-0.39, 0.29) is 5.82 Å². The minimum Gasteiger partial charge on any atom is -0.379 e. The summed E-state index contributed by atoms with van der Waals surface area (Å²) in [4.78, 5) is 21.8. The third-order valence-corrected chi connectivity index (χ3v) is 9.39. The Labute approximate surface area is 225 Å². The molecule has 3 aliphatic rings. The number of benzene rings is 1. The average Bonchev–Trinajstić information content (AvgIpc) is 3.55. The molecule has 0 radical (unpaired) electrons. The molecular formula is C28H33FN6O2S. The Balaban J connectivity index is 1.18. The Kier molecular flexibility index (Phi) is 6.53. The van der Waals surface area contributed by atoms with E-state index in [1.807, 2.05) is 19.4 Å². The Hall–Kier alpha value is -2.63. The maximum atomic E-state index is 15.2. The number of hydrogen-bond acceptors (Lipinski definition) is 8. The largest absolute Gasteiger partial charge is 0.379 e. The van der Waals surface area contributed by atoms with Gasteiger partial charge >= 0.3 is 0 Å². The lowest BCUT2D eigenvalue weighted by Gasteiger charge is -2.46. The molecule has 0 saturated carbocycles. The zero-order valence-corrected chi connectivity index (χ0v) is 22.5. The van der Waals surface area contributed by atoms with E-state index >= 15 is 4.39 Å². The number of thiophene rings is 1. The summed E-state index contributed by atoms with van der Waals surface area (Å²) < 4.78 is 27.3. The van der Waals surface area contributed by atoms with E-state index in [0.29, 0.717) is 36.7 Å². The summed E-state index contributed by atoms with van der Waals surface area (Å²) in [6.45, 7) is 8.11. The van der Waals surface area contributed by atoms with Crippen LogP contribution in [0.15, 0.2) is 30.5 Å². The van der Waals surface area contributed by atoms with Gasteiger partial charge in [-0.05, 0) is 37.1 Å².